The molecule has 104 valence electrons. The van der Waals surface area contributed by atoms with E-state index in [1.165, 1.54) is 11.8 Å². The Hall–Kier alpha value is -1.94. The van der Waals surface area contributed by atoms with E-state index in [-0.39, 0.29) is 5.92 Å². The van der Waals surface area contributed by atoms with E-state index in [0.29, 0.717) is 16.7 Å². The lowest BCUT2D eigenvalue weighted by molar-refractivity contribution is 0.355. The van der Waals surface area contributed by atoms with Crippen molar-refractivity contribution in [1.29, 1.82) is 5.26 Å². The molecule has 1 aliphatic heterocycles. The summed E-state index contributed by atoms with van der Waals surface area (Å²) in [4.78, 5) is 8.78. The van der Waals surface area contributed by atoms with E-state index in [1.807, 2.05) is 6.92 Å². The maximum Gasteiger partial charge on any atom is 0.218 e. The molecule has 2 aliphatic rings. The summed E-state index contributed by atoms with van der Waals surface area (Å²) in [7, 11) is 1.56. The molecule has 4 N–H and O–H groups in total. The normalized spacial score (nSPS) is 34.6. The van der Waals surface area contributed by atoms with Crippen molar-refractivity contribution in [2.45, 2.75) is 23.6 Å². The summed E-state index contributed by atoms with van der Waals surface area (Å²) in [5, 5.41) is 9.84. The van der Waals surface area contributed by atoms with E-state index in [9.17, 15) is 5.26 Å². The molecule has 1 aromatic heterocycles. The van der Waals surface area contributed by atoms with E-state index < -0.39 is 10.3 Å². The van der Waals surface area contributed by atoms with E-state index in [4.69, 9.17) is 16.2 Å². The molecule has 1 aliphatic carbocycles. The fourth-order valence-electron chi connectivity index (χ4n) is 2.91. The Kier molecular flexibility index (Phi) is 2.63. The number of anilines is 1. The molecule has 0 bridgehead atoms. The first kappa shape index (κ1) is 13.1. The fraction of sp³-hybridized carbons (Fsp3) is 0.462. The van der Waals surface area contributed by atoms with Crippen LogP contribution >= 0.6 is 11.8 Å². The van der Waals surface area contributed by atoms with E-state index in [1.54, 1.807) is 19.4 Å². The first-order valence-electron chi connectivity index (χ1n) is 6.21. The maximum absolute atomic E-state index is 9.42. The second-order valence-electron chi connectivity index (χ2n) is 5.28. The van der Waals surface area contributed by atoms with E-state index >= 15 is 0 Å². The van der Waals surface area contributed by atoms with Gasteiger partial charge in [-0.25, -0.2) is 4.98 Å². The molecule has 1 aromatic rings. The van der Waals surface area contributed by atoms with Crippen molar-refractivity contribution in [1.82, 2.24) is 4.98 Å². The summed E-state index contributed by atoms with van der Waals surface area (Å²) in [6.07, 6.45) is 2.30. The maximum atomic E-state index is 9.42. The first-order valence-corrected chi connectivity index (χ1v) is 7.02. The molecule has 3 rings (SSSR count). The second kappa shape index (κ2) is 4.03. The fourth-order valence-corrected chi connectivity index (χ4v) is 4.19. The van der Waals surface area contributed by atoms with Gasteiger partial charge in [0.2, 0.25) is 5.88 Å². The minimum absolute atomic E-state index is 0.0924. The van der Waals surface area contributed by atoms with Gasteiger partial charge in [0.25, 0.3) is 0 Å². The van der Waals surface area contributed by atoms with Gasteiger partial charge in [-0.05, 0) is 19.4 Å². The number of nitrogens with zero attached hydrogens (tertiary/aromatic N) is 3. The lowest BCUT2D eigenvalue weighted by atomic mass is 9.86. The van der Waals surface area contributed by atoms with E-state index in [0.717, 1.165) is 12.0 Å². The van der Waals surface area contributed by atoms with Crippen LogP contribution in [-0.2, 0) is 5.54 Å². The molecule has 3 atom stereocenters. The minimum Gasteiger partial charge on any atom is -0.481 e. The Bertz CT molecular complexity index is 655. The molecular weight excluding hydrogens is 274 g/mol. The zero-order chi connectivity index (χ0) is 14.5. The van der Waals surface area contributed by atoms with Gasteiger partial charge in [-0.15, -0.1) is 0 Å². The summed E-state index contributed by atoms with van der Waals surface area (Å²) in [6, 6.07) is 4.18. The Morgan fingerprint density at radius 2 is 2.30 bits per heavy atom. The number of fused-ring (bicyclic) bond motifs is 1. The molecule has 0 saturated heterocycles. The Balaban J connectivity index is 2.16. The smallest absolute Gasteiger partial charge is 0.218 e. The number of hydrogen-bond acceptors (Lipinski definition) is 7. The van der Waals surface area contributed by atoms with Gasteiger partial charge >= 0.3 is 0 Å². The standard InChI is InChI=1S/C13H15N5OS/c1-12(8-3-7(15)5-17-10(8)19-2)9-4-13(9,6-14)20-11(16)18-12/h3,5,9H,4,15H2,1-2H3,(H2,16,18)/t9?,12-,13-/m1/s1. The molecule has 7 heteroatoms. The molecule has 0 spiro atoms. The lowest BCUT2D eigenvalue weighted by Gasteiger charge is -2.32. The van der Waals surface area contributed by atoms with Crippen LogP contribution < -0.4 is 16.2 Å². The summed E-state index contributed by atoms with van der Waals surface area (Å²) >= 11 is 1.35. The van der Waals surface area contributed by atoms with Gasteiger partial charge in [0.05, 0.1) is 30.6 Å². The molecule has 0 radical (unpaired) electrons. The van der Waals surface area contributed by atoms with Gasteiger partial charge in [0, 0.05) is 11.5 Å². The highest BCUT2D eigenvalue weighted by molar-refractivity contribution is 8.15. The van der Waals surface area contributed by atoms with Crippen LogP contribution in [0.25, 0.3) is 0 Å². The summed E-state index contributed by atoms with van der Waals surface area (Å²) in [6.45, 7) is 1.96. The predicted molar refractivity (Wildman–Crippen MR) is 78.2 cm³/mol. The number of hydrogen-bond donors (Lipinski definition) is 2. The highest BCUT2D eigenvalue weighted by atomic mass is 32.2. The number of nitrogen functional groups attached to an aromatic ring is 1. The van der Waals surface area contributed by atoms with Crippen molar-refractivity contribution >= 4 is 22.6 Å². The molecule has 1 saturated carbocycles. The second-order valence-corrected chi connectivity index (χ2v) is 6.63. The zero-order valence-corrected chi connectivity index (χ0v) is 12.1. The molecule has 6 nitrogen and oxygen atoms in total. The first-order chi connectivity index (χ1) is 9.45. The van der Waals surface area contributed by atoms with Gasteiger partial charge in [-0.2, -0.15) is 5.26 Å². The van der Waals surface area contributed by atoms with Gasteiger partial charge in [-0.1, -0.05) is 11.8 Å². The van der Waals surface area contributed by atoms with Crippen molar-refractivity contribution in [3.63, 3.8) is 0 Å². The number of rotatable bonds is 2. The van der Waals surface area contributed by atoms with Crippen LogP contribution in [0.3, 0.4) is 0 Å². The third kappa shape index (κ3) is 1.64. The predicted octanol–water partition coefficient (Wildman–Crippen LogP) is 1.23. The van der Waals surface area contributed by atoms with Gasteiger partial charge in [0.1, 0.15) is 4.75 Å². The number of aromatic nitrogens is 1. The molecule has 2 heterocycles. The van der Waals surface area contributed by atoms with Crippen molar-refractivity contribution in [2.75, 3.05) is 12.8 Å². The molecule has 1 unspecified atom stereocenters. The molecule has 0 aromatic carbocycles. The van der Waals surface area contributed by atoms with Crippen LogP contribution in [0.15, 0.2) is 17.3 Å². The number of methoxy groups -OCH3 is 1. The van der Waals surface area contributed by atoms with Crippen LogP contribution in [0.4, 0.5) is 5.69 Å². The number of nitrogens with two attached hydrogens (primary N) is 2. The largest absolute Gasteiger partial charge is 0.481 e. The monoisotopic (exact) mass is 289 g/mol. The van der Waals surface area contributed by atoms with Gasteiger partial charge in [-0.3, -0.25) is 4.99 Å². The van der Waals surface area contributed by atoms with E-state index in [2.05, 4.69) is 16.0 Å². The van der Waals surface area contributed by atoms with Crippen LogP contribution in [-0.4, -0.2) is 22.0 Å². The van der Waals surface area contributed by atoms with Crippen LogP contribution in [0.1, 0.15) is 18.9 Å². The van der Waals surface area contributed by atoms with Gasteiger partial charge < -0.3 is 16.2 Å². The topological polar surface area (TPSA) is 110 Å². The van der Waals surface area contributed by atoms with Crippen molar-refractivity contribution in [3.05, 3.63) is 17.8 Å². The number of ether oxygens (including phenoxy) is 1. The highest BCUT2D eigenvalue weighted by Gasteiger charge is 2.67. The van der Waals surface area contributed by atoms with Crippen molar-refractivity contribution < 1.29 is 4.74 Å². The number of aliphatic imine (C=N–C) groups is 1. The average Bonchev–Trinajstić information content (AvgIpc) is 3.14. The lowest BCUT2D eigenvalue weighted by Crippen LogP contribution is -2.35. The third-order valence-electron chi connectivity index (χ3n) is 4.02. The molecule has 20 heavy (non-hydrogen) atoms. The summed E-state index contributed by atoms with van der Waals surface area (Å²) in [5.74, 6) is 0.568. The zero-order valence-electron chi connectivity index (χ0n) is 11.3. The summed E-state index contributed by atoms with van der Waals surface area (Å²) < 4.78 is 4.84. The Morgan fingerprint density at radius 1 is 1.55 bits per heavy atom. The van der Waals surface area contributed by atoms with Crippen LogP contribution in [0.5, 0.6) is 5.88 Å². The molecule has 1 fully saturated rings. The number of pyridine rings is 1. The SMILES string of the molecule is COc1ncc(N)cc1[C@@]1(C)N=C(N)S[C@@]2(C#N)CC21. The highest BCUT2D eigenvalue weighted by Crippen LogP contribution is 2.66. The number of nitriles is 1. The minimum atomic E-state index is -0.626. The third-order valence-corrected chi connectivity index (χ3v) is 5.23. The van der Waals surface area contributed by atoms with Crippen molar-refractivity contribution in [3.8, 4) is 11.9 Å². The average molecular weight is 289 g/mol. The van der Waals surface area contributed by atoms with Gasteiger partial charge in [0.15, 0.2) is 5.17 Å². The van der Waals surface area contributed by atoms with Crippen LogP contribution in [0, 0.1) is 17.2 Å². The molecular formula is C13H15N5OS. The summed E-state index contributed by atoms with van der Waals surface area (Å²) in [5.41, 5.74) is 12.5. The molecule has 0 amide bonds. The quantitative estimate of drug-likeness (QED) is 0.847. The van der Waals surface area contributed by atoms with Crippen LogP contribution in [0.2, 0.25) is 0 Å². The Labute approximate surface area is 121 Å². The number of amidine groups is 1. The van der Waals surface area contributed by atoms with Crippen molar-refractivity contribution in [2.24, 2.45) is 16.6 Å². The number of thioether (sulfide) groups is 1. The Morgan fingerprint density at radius 3 is 2.95 bits per heavy atom.